The molecule has 162 valence electrons. The van der Waals surface area contributed by atoms with Gasteiger partial charge in [0.1, 0.15) is 5.82 Å². The lowest BCUT2D eigenvalue weighted by Crippen LogP contribution is -2.48. The summed E-state index contributed by atoms with van der Waals surface area (Å²) in [7, 11) is 3.56. The van der Waals surface area contributed by atoms with Gasteiger partial charge in [0.25, 0.3) is 0 Å². The van der Waals surface area contributed by atoms with E-state index in [2.05, 4.69) is 24.1 Å². The van der Waals surface area contributed by atoms with E-state index in [0.29, 0.717) is 18.0 Å². The molecule has 1 fully saturated rings. The normalized spacial score (nSPS) is 17.9. The molecule has 1 aliphatic heterocycles. The van der Waals surface area contributed by atoms with Crippen LogP contribution in [0, 0.1) is 11.7 Å². The topological polar surface area (TPSA) is 68.7 Å². The van der Waals surface area contributed by atoms with E-state index in [9.17, 15) is 14.3 Å². The molecule has 2 N–H and O–H groups in total. The van der Waals surface area contributed by atoms with Gasteiger partial charge in [-0.25, -0.2) is 9.18 Å². The molecule has 6 nitrogen and oxygen atoms in total. The Hall–Kier alpha value is -1.15. The van der Waals surface area contributed by atoms with E-state index in [1.165, 1.54) is 12.3 Å². The number of nitrogens with zero attached hydrogens (tertiary/aromatic N) is 3. The summed E-state index contributed by atoms with van der Waals surface area (Å²) in [6.07, 6.45) is 4.80. The second-order valence-corrected chi connectivity index (χ2v) is 8.05. The van der Waals surface area contributed by atoms with Gasteiger partial charge >= 0.3 is 6.03 Å². The van der Waals surface area contributed by atoms with E-state index in [1.54, 1.807) is 19.0 Å². The Bertz CT molecular complexity index is 619. The molecule has 0 aromatic carbocycles. The van der Waals surface area contributed by atoms with Crippen LogP contribution in [0.1, 0.15) is 44.8 Å². The number of carbonyl (C=O) groups excluding carboxylic acids is 1. The molecule has 0 spiro atoms. The largest absolute Gasteiger partial charge is 0.387 e. The third-order valence-corrected chi connectivity index (χ3v) is 4.86. The molecule has 0 bridgehead atoms. The first-order valence-corrected chi connectivity index (χ1v) is 9.18. The Balaban J connectivity index is 0.00000364. The fraction of sp³-hybridized carbons (Fsp3) is 0.684. The van der Waals surface area contributed by atoms with Crippen LogP contribution in [0.15, 0.2) is 18.5 Å². The third-order valence-electron chi connectivity index (χ3n) is 4.86. The average molecular weight is 439 g/mol. The minimum Gasteiger partial charge on any atom is -0.387 e. The molecule has 2 amide bonds. The van der Waals surface area contributed by atoms with Gasteiger partial charge in [0.15, 0.2) is 0 Å². The molecule has 1 aromatic rings. The van der Waals surface area contributed by atoms with Gasteiger partial charge in [-0.3, -0.25) is 4.98 Å². The number of pyridine rings is 1. The number of β-amino-alcohol motifs (C(OH)–C–C–N with tert-alkyl or cyclic N) is 1. The zero-order chi connectivity index (χ0) is 19.3. The number of aliphatic hydroxyl groups is 1. The molecule has 1 aliphatic rings. The van der Waals surface area contributed by atoms with E-state index < -0.39 is 11.9 Å². The second-order valence-electron chi connectivity index (χ2n) is 8.05. The Morgan fingerprint density at radius 3 is 2.71 bits per heavy atom. The average Bonchev–Trinajstić information content (AvgIpc) is 2.58. The number of piperidine rings is 1. The van der Waals surface area contributed by atoms with Gasteiger partial charge in [-0.05, 0) is 45.1 Å². The number of halogens is 3. The highest BCUT2D eigenvalue weighted by Crippen LogP contribution is 2.26. The first kappa shape index (κ1) is 26.9. The molecule has 1 saturated heterocycles. The lowest BCUT2D eigenvalue weighted by molar-refractivity contribution is 0.122. The maximum absolute atomic E-state index is 13.2. The zero-order valence-electron chi connectivity index (χ0n) is 17.0. The lowest BCUT2D eigenvalue weighted by atomic mass is 9.85. The van der Waals surface area contributed by atoms with E-state index in [0.717, 1.165) is 38.5 Å². The van der Waals surface area contributed by atoms with Crippen LogP contribution in [0.5, 0.6) is 0 Å². The van der Waals surface area contributed by atoms with Gasteiger partial charge in [0, 0.05) is 51.0 Å². The highest BCUT2D eigenvalue weighted by molar-refractivity contribution is 5.85. The summed E-state index contributed by atoms with van der Waals surface area (Å²) >= 11 is 0. The minimum atomic E-state index is -0.810. The summed E-state index contributed by atoms with van der Waals surface area (Å²) in [4.78, 5) is 19.5. The van der Waals surface area contributed by atoms with Crippen molar-refractivity contribution >= 4 is 30.8 Å². The minimum absolute atomic E-state index is 0. The van der Waals surface area contributed by atoms with Crippen molar-refractivity contribution in [2.24, 2.45) is 5.92 Å². The number of nitrogens with one attached hydrogen (secondary N) is 1. The van der Waals surface area contributed by atoms with Gasteiger partial charge in [0.2, 0.25) is 0 Å². The molecular formula is C19H33Cl2FN4O2. The van der Waals surface area contributed by atoms with Gasteiger partial charge in [-0.2, -0.15) is 0 Å². The molecule has 2 rings (SSSR count). The Labute approximate surface area is 179 Å². The quantitative estimate of drug-likeness (QED) is 0.714. The number of hydrogen-bond acceptors (Lipinski definition) is 4. The van der Waals surface area contributed by atoms with Crippen LogP contribution in [0.4, 0.5) is 9.18 Å². The molecule has 0 aliphatic carbocycles. The molecule has 0 radical (unpaired) electrons. The molecule has 9 heteroatoms. The maximum atomic E-state index is 13.2. The highest BCUT2D eigenvalue weighted by atomic mass is 35.5. The molecule has 0 unspecified atom stereocenters. The van der Waals surface area contributed by atoms with Crippen LogP contribution in [0.2, 0.25) is 0 Å². The van der Waals surface area contributed by atoms with Gasteiger partial charge in [-0.1, -0.05) is 0 Å². The molecule has 2 atom stereocenters. The smallest absolute Gasteiger partial charge is 0.319 e. The summed E-state index contributed by atoms with van der Waals surface area (Å²) in [5.74, 6) is -0.0307. The predicted molar refractivity (Wildman–Crippen MR) is 114 cm³/mol. The highest BCUT2D eigenvalue weighted by Gasteiger charge is 2.29. The Morgan fingerprint density at radius 2 is 2.11 bits per heavy atom. The monoisotopic (exact) mass is 438 g/mol. The number of urea groups is 1. The van der Waals surface area contributed by atoms with E-state index >= 15 is 0 Å². The van der Waals surface area contributed by atoms with Crippen molar-refractivity contribution in [2.45, 2.75) is 44.8 Å². The van der Waals surface area contributed by atoms with Crippen LogP contribution in [-0.2, 0) is 0 Å². The number of hydrogen-bond donors (Lipinski definition) is 2. The number of aliphatic hydroxyl groups excluding tert-OH is 1. The fourth-order valence-electron chi connectivity index (χ4n) is 3.58. The summed E-state index contributed by atoms with van der Waals surface area (Å²) < 4.78 is 13.2. The molecule has 1 aromatic heterocycles. The number of aromatic nitrogens is 1. The van der Waals surface area contributed by atoms with Crippen molar-refractivity contribution in [3.05, 3.63) is 29.8 Å². The van der Waals surface area contributed by atoms with Crippen molar-refractivity contribution in [2.75, 3.05) is 33.7 Å². The van der Waals surface area contributed by atoms with Crippen LogP contribution < -0.4 is 5.32 Å². The fourth-order valence-corrected chi connectivity index (χ4v) is 3.58. The number of amides is 2. The van der Waals surface area contributed by atoms with Crippen LogP contribution in [-0.4, -0.2) is 65.2 Å². The summed E-state index contributed by atoms with van der Waals surface area (Å²) in [6, 6.07) is 1.37. The van der Waals surface area contributed by atoms with Gasteiger partial charge < -0.3 is 20.2 Å². The van der Waals surface area contributed by atoms with Crippen molar-refractivity contribution in [1.82, 2.24) is 20.1 Å². The molecule has 0 saturated carbocycles. The van der Waals surface area contributed by atoms with Crippen molar-refractivity contribution in [3.63, 3.8) is 0 Å². The van der Waals surface area contributed by atoms with Gasteiger partial charge in [-0.15, -0.1) is 24.8 Å². The SMILES string of the molecule is CN(C)C(=O)N1CCC[C@@H](CC(C)(C)NC[C@H](O)c2cncc(F)c2)C1.Cl.Cl. The Morgan fingerprint density at radius 1 is 1.43 bits per heavy atom. The zero-order valence-corrected chi connectivity index (χ0v) is 18.7. The van der Waals surface area contributed by atoms with Crippen LogP contribution in [0.25, 0.3) is 0 Å². The van der Waals surface area contributed by atoms with E-state index in [1.807, 2.05) is 4.90 Å². The summed E-state index contributed by atoms with van der Waals surface area (Å²) in [6.45, 7) is 6.09. The maximum Gasteiger partial charge on any atom is 0.319 e. The number of likely N-dealkylation sites (tertiary alicyclic amines) is 1. The summed E-state index contributed by atoms with van der Waals surface area (Å²) in [5.41, 5.74) is 0.269. The standard InChI is InChI=1S/C19H31FN4O2.2ClH/c1-19(2,22-12-17(25)15-8-16(20)11-21-10-15)9-14-6-5-7-24(13-14)18(26)23(3)4;;/h8,10-11,14,17,22,25H,5-7,9,12-13H2,1-4H3;2*1H/t14-,17-;;/m0../s1. The van der Waals surface area contributed by atoms with Crippen molar-refractivity contribution in [1.29, 1.82) is 0 Å². The number of rotatable bonds is 6. The molecule has 2 heterocycles. The second kappa shape index (κ2) is 11.8. The molecular weight excluding hydrogens is 406 g/mol. The van der Waals surface area contributed by atoms with E-state index in [4.69, 9.17) is 0 Å². The molecule has 28 heavy (non-hydrogen) atoms. The van der Waals surface area contributed by atoms with Crippen LogP contribution >= 0.6 is 24.8 Å². The van der Waals surface area contributed by atoms with Crippen LogP contribution in [0.3, 0.4) is 0 Å². The first-order valence-electron chi connectivity index (χ1n) is 9.18. The van der Waals surface area contributed by atoms with Crippen molar-refractivity contribution in [3.8, 4) is 0 Å². The predicted octanol–water partition coefficient (Wildman–Crippen LogP) is 3.25. The van der Waals surface area contributed by atoms with Gasteiger partial charge in [0.05, 0.1) is 12.3 Å². The summed E-state index contributed by atoms with van der Waals surface area (Å²) in [5, 5.41) is 13.6. The van der Waals surface area contributed by atoms with Crippen molar-refractivity contribution < 1.29 is 14.3 Å². The number of carbonyl (C=O) groups is 1. The third kappa shape index (κ3) is 8.07. The lowest BCUT2D eigenvalue weighted by Gasteiger charge is -2.38. The first-order chi connectivity index (χ1) is 12.2. The van der Waals surface area contributed by atoms with E-state index in [-0.39, 0.29) is 36.4 Å². The Kier molecular flexibility index (Phi) is 11.3.